The maximum absolute atomic E-state index is 2.44. The van der Waals surface area contributed by atoms with E-state index in [1.54, 1.807) is 0 Å². The van der Waals surface area contributed by atoms with E-state index >= 15 is 0 Å². The van der Waals surface area contributed by atoms with Crippen LogP contribution in [-0.4, -0.2) is 0 Å². The van der Waals surface area contributed by atoms with Gasteiger partial charge < -0.3 is 0 Å². The summed E-state index contributed by atoms with van der Waals surface area (Å²) >= 11 is 3.81. The van der Waals surface area contributed by atoms with E-state index in [9.17, 15) is 0 Å². The highest BCUT2D eigenvalue weighted by Gasteiger charge is 2.19. The van der Waals surface area contributed by atoms with E-state index in [4.69, 9.17) is 0 Å². The van der Waals surface area contributed by atoms with Gasteiger partial charge in [-0.15, -0.1) is 22.7 Å². The fourth-order valence-electron chi connectivity index (χ4n) is 8.20. The highest BCUT2D eigenvalue weighted by atomic mass is 32.1. The van der Waals surface area contributed by atoms with E-state index in [0.717, 1.165) is 0 Å². The first kappa shape index (κ1) is 28.1. The van der Waals surface area contributed by atoms with Gasteiger partial charge >= 0.3 is 0 Å². The van der Waals surface area contributed by atoms with Crippen LogP contribution in [0.5, 0.6) is 0 Å². The monoisotopic (exact) mass is 668 g/mol. The summed E-state index contributed by atoms with van der Waals surface area (Å²) in [6, 6.07) is 63.1. The molecule has 0 amide bonds. The van der Waals surface area contributed by atoms with Gasteiger partial charge in [0.2, 0.25) is 0 Å². The number of hydrogen-bond acceptors (Lipinski definition) is 2. The third-order valence-electron chi connectivity index (χ3n) is 10.4. The van der Waals surface area contributed by atoms with Crippen molar-refractivity contribution in [1.29, 1.82) is 0 Å². The van der Waals surface area contributed by atoms with Crippen molar-refractivity contribution in [3.8, 4) is 33.4 Å². The fourth-order valence-corrected chi connectivity index (χ4v) is 10.5. The third kappa shape index (κ3) is 4.16. The third-order valence-corrected chi connectivity index (χ3v) is 12.7. The number of fused-ring (bicyclic) bond motifs is 10. The lowest BCUT2D eigenvalue weighted by Crippen LogP contribution is -1.91. The van der Waals surface area contributed by atoms with Gasteiger partial charge in [-0.1, -0.05) is 133 Å². The Balaban J connectivity index is 1.13. The zero-order chi connectivity index (χ0) is 32.8. The second-order valence-corrected chi connectivity index (χ2v) is 15.4. The van der Waals surface area contributed by atoms with Crippen LogP contribution in [0.3, 0.4) is 0 Å². The molecule has 0 N–H and O–H groups in total. The Bertz CT molecular complexity index is 3080. The summed E-state index contributed by atoms with van der Waals surface area (Å²) in [7, 11) is 0. The van der Waals surface area contributed by atoms with Crippen LogP contribution in [0.2, 0.25) is 0 Å². The number of hydrogen-bond donors (Lipinski definition) is 0. The molecule has 232 valence electrons. The van der Waals surface area contributed by atoms with E-state index in [-0.39, 0.29) is 0 Å². The van der Waals surface area contributed by atoms with Gasteiger partial charge in [0, 0.05) is 40.3 Å². The molecule has 0 atom stereocenters. The summed E-state index contributed by atoms with van der Waals surface area (Å²) in [6.07, 6.45) is 0. The van der Waals surface area contributed by atoms with Crippen LogP contribution in [0.25, 0.3) is 106 Å². The maximum atomic E-state index is 2.44. The lowest BCUT2D eigenvalue weighted by Gasteiger charge is -2.18. The molecule has 2 heteroatoms. The maximum Gasteiger partial charge on any atom is 0.0362 e. The molecule has 0 nitrogen and oxygen atoms in total. The molecule has 0 aliphatic carbocycles. The van der Waals surface area contributed by atoms with Crippen molar-refractivity contribution in [2.75, 3.05) is 0 Å². The summed E-state index contributed by atoms with van der Waals surface area (Å²) < 4.78 is 5.40. The van der Waals surface area contributed by atoms with Crippen LogP contribution in [0.1, 0.15) is 0 Å². The van der Waals surface area contributed by atoms with Crippen molar-refractivity contribution < 1.29 is 0 Å². The molecule has 0 aliphatic heterocycles. The second kappa shape index (κ2) is 10.9. The highest BCUT2D eigenvalue weighted by Crippen LogP contribution is 2.48. The van der Waals surface area contributed by atoms with Gasteiger partial charge in [-0.2, -0.15) is 0 Å². The highest BCUT2D eigenvalue weighted by molar-refractivity contribution is 7.28. The average Bonchev–Trinajstić information content (AvgIpc) is 3.74. The zero-order valence-electron chi connectivity index (χ0n) is 27.0. The molecule has 50 heavy (non-hydrogen) atoms. The number of thiophene rings is 2. The summed E-state index contributed by atoms with van der Waals surface area (Å²) in [6.45, 7) is 0. The van der Waals surface area contributed by atoms with E-state index in [1.807, 2.05) is 22.7 Å². The lowest BCUT2D eigenvalue weighted by molar-refractivity contribution is 1.64. The van der Waals surface area contributed by atoms with Crippen LogP contribution in [0.4, 0.5) is 0 Å². The Hall–Kier alpha value is -5.80. The molecular weight excluding hydrogens is 641 g/mol. The van der Waals surface area contributed by atoms with Crippen LogP contribution in [-0.2, 0) is 0 Å². The Labute approximate surface area is 297 Å². The first-order valence-electron chi connectivity index (χ1n) is 17.1. The van der Waals surface area contributed by atoms with Crippen LogP contribution >= 0.6 is 22.7 Å². The predicted molar refractivity (Wildman–Crippen MR) is 221 cm³/mol. The Kier molecular flexibility index (Phi) is 6.09. The first-order valence-corrected chi connectivity index (χ1v) is 18.7. The van der Waals surface area contributed by atoms with Gasteiger partial charge in [0.1, 0.15) is 0 Å². The summed E-state index contributed by atoms with van der Waals surface area (Å²) in [5, 5.41) is 13.1. The first-order chi connectivity index (χ1) is 24.8. The zero-order valence-corrected chi connectivity index (χ0v) is 28.6. The SMILES string of the molecule is c1ccc(-c2ccc3cc(-c4c5ccccc5c(-c5ccc6c(c5)sc5ccc7sc8ccccc8c7c56)c5ccccc45)ccc3c2)cc1. The van der Waals surface area contributed by atoms with Crippen molar-refractivity contribution in [3.05, 3.63) is 170 Å². The smallest absolute Gasteiger partial charge is 0.0362 e. The molecule has 0 unspecified atom stereocenters. The largest absolute Gasteiger partial charge is 0.135 e. The second-order valence-electron chi connectivity index (χ2n) is 13.2. The molecule has 0 radical (unpaired) electrons. The van der Waals surface area contributed by atoms with Gasteiger partial charge in [0.15, 0.2) is 0 Å². The van der Waals surface area contributed by atoms with Crippen molar-refractivity contribution in [3.63, 3.8) is 0 Å². The Morgan fingerprint density at radius 1 is 0.260 bits per heavy atom. The van der Waals surface area contributed by atoms with E-state index in [2.05, 4.69) is 170 Å². The Morgan fingerprint density at radius 2 is 0.720 bits per heavy atom. The normalized spacial score (nSPS) is 12.0. The molecular formula is C48H28S2. The lowest BCUT2D eigenvalue weighted by atomic mass is 9.85. The summed E-state index contributed by atoms with van der Waals surface area (Å²) in [5.41, 5.74) is 7.60. The van der Waals surface area contributed by atoms with E-state index in [0.29, 0.717) is 0 Å². The molecule has 2 aromatic heterocycles. The Morgan fingerprint density at radius 3 is 1.36 bits per heavy atom. The standard InChI is InChI=1S/C48H28S2/c1-2-10-29(11-3-1)30-18-19-32-27-33(21-20-31(32)26-30)45-35-12-4-6-14-37(35)46(38-15-7-5-13-36(38)45)34-22-23-40-44(28-34)50-43-25-24-42-47(48(40)43)39-16-8-9-17-41(39)49-42/h1-28H. The van der Waals surface area contributed by atoms with E-state index < -0.39 is 0 Å². The van der Waals surface area contributed by atoms with Gasteiger partial charge in [-0.05, 0) is 102 Å². The topological polar surface area (TPSA) is 0 Å². The van der Waals surface area contributed by atoms with Crippen molar-refractivity contribution in [2.24, 2.45) is 0 Å². The van der Waals surface area contributed by atoms with Crippen molar-refractivity contribution in [2.45, 2.75) is 0 Å². The molecule has 0 bridgehead atoms. The van der Waals surface area contributed by atoms with Crippen molar-refractivity contribution in [1.82, 2.24) is 0 Å². The predicted octanol–water partition coefficient (Wildman–Crippen LogP) is 14.9. The minimum absolute atomic E-state index is 1.24. The van der Waals surface area contributed by atoms with Gasteiger partial charge in [0.25, 0.3) is 0 Å². The number of benzene rings is 9. The molecule has 9 aromatic carbocycles. The van der Waals surface area contributed by atoms with E-state index in [1.165, 1.54) is 106 Å². The van der Waals surface area contributed by atoms with Crippen LogP contribution < -0.4 is 0 Å². The summed E-state index contributed by atoms with van der Waals surface area (Å²) in [5.74, 6) is 0. The molecule has 0 spiro atoms. The molecule has 0 saturated heterocycles. The quantitative estimate of drug-likeness (QED) is 0.164. The van der Waals surface area contributed by atoms with Gasteiger partial charge in [-0.25, -0.2) is 0 Å². The van der Waals surface area contributed by atoms with Crippen molar-refractivity contribution >= 4 is 95.3 Å². The van der Waals surface area contributed by atoms with Crippen LogP contribution in [0, 0.1) is 0 Å². The van der Waals surface area contributed by atoms with Crippen LogP contribution in [0.15, 0.2) is 170 Å². The van der Waals surface area contributed by atoms with Gasteiger partial charge in [-0.3, -0.25) is 0 Å². The fraction of sp³-hybridized carbons (Fsp3) is 0. The minimum atomic E-state index is 1.24. The molecule has 11 aromatic rings. The average molecular weight is 669 g/mol. The minimum Gasteiger partial charge on any atom is -0.135 e. The molecule has 11 rings (SSSR count). The van der Waals surface area contributed by atoms with Gasteiger partial charge in [0.05, 0.1) is 0 Å². The summed E-state index contributed by atoms with van der Waals surface area (Å²) in [4.78, 5) is 0. The molecule has 0 fully saturated rings. The molecule has 0 aliphatic rings. The molecule has 0 saturated carbocycles. The number of rotatable bonds is 3. The molecule has 2 heterocycles.